The van der Waals surface area contributed by atoms with Crippen LogP contribution in [0.1, 0.15) is 11.5 Å². The minimum Gasteiger partial charge on any atom is -0.396 e. The lowest BCUT2D eigenvalue weighted by Gasteiger charge is -2.15. The molecule has 0 spiro atoms. The molecule has 1 unspecified atom stereocenters. The van der Waals surface area contributed by atoms with E-state index >= 15 is 0 Å². The number of nitrogens with one attached hydrogen (secondary N) is 1. The first-order chi connectivity index (χ1) is 9.13. The number of aliphatic hydroxyl groups is 1. The molecule has 0 aliphatic rings. The summed E-state index contributed by atoms with van der Waals surface area (Å²) in [6.45, 7) is 0.0811. The van der Waals surface area contributed by atoms with Crippen LogP contribution in [0.4, 0.5) is 0 Å². The first-order valence-corrected chi connectivity index (χ1v) is 8.19. The van der Waals surface area contributed by atoms with Gasteiger partial charge in [0.25, 0.3) is 0 Å². The van der Waals surface area contributed by atoms with Crippen molar-refractivity contribution in [2.75, 3.05) is 13.2 Å². The number of rotatable bonds is 6. The van der Waals surface area contributed by atoms with Crippen molar-refractivity contribution in [1.29, 1.82) is 0 Å². The van der Waals surface area contributed by atoms with E-state index in [4.69, 9.17) is 0 Å². The fourth-order valence-corrected chi connectivity index (χ4v) is 3.83. The number of thiophene rings is 1. The molecule has 1 aromatic carbocycles. The van der Waals surface area contributed by atoms with E-state index in [1.807, 2.05) is 30.3 Å². The van der Waals surface area contributed by atoms with Crippen molar-refractivity contribution in [3.63, 3.8) is 0 Å². The maximum Gasteiger partial charge on any atom is 0.250 e. The molecule has 0 saturated heterocycles. The van der Waals surface area contributed by atoms with Gasteiger partial charge in [-0.3, -0.25) is 0 Å². The van der Waals surface area contributed by atoms with Crippen molar-refractivity contribution in [3.05, 3.63) is 53.4 Å². The van der Waals surface area contributed by atoms with E-state index in [-0.39, 0.29) is 23.3 Å². The minimum atomic E-state index is -3.47. The zero-order chi connectivity index (χ0) is 13.7. The third-order valence-electron chi connectivity index (χ3n) is 2.77. The van der Waals surface area contributed by atoms with Crippen LogP contribution in [0.3, 0.4) is 0 Å². The molecule has 0 aliphatic heterocycles. The molecule has 1 heterocycles. The normalized spacial score (nSPS) is 13.3. The Morgan fingerprint density at radius 3 is 2.47 bits per heavy atom. The van der Waals surface area contributed by atoms with Crippen molar-refractivity contribution in [3.8, 4) is 0 Å². The maximum absolute atomic E-state index is 12.0. The van der Waals surface area contributed by atoms with E-state index in [1.54, 1.807) is 17.5 Å². The Morgan fingerprint density at radius 2 is 1.89 bits per heavy atom. The summed E-state index contributed by atoms with van der Waals surface area (Å²) >= 11 is 1.17. The van der Waals surface area contributed by atoms with Gasteiger partial charge in [-0.15, -0.1) is 11.3 Å². The van der Waals surface area contributed by atoms with Crippen LogP contribution in [0.15, 0.2) is 52.1 Å². The number of sulfonamides is 1. The lowest BCUT2D eigenvalue weighted by molar-refractivity contribution is 0.265. The number of benzene rings is 1. The van der Waals surface area contributed by atoms with Crippen LogP contribution in [0, 0.1) is 0 Å². The zero-order valence-corrected chi connectivity index (χ0v) is 11.8. The second kappa shape index (κ2) is 6.29. The van der Waals surface area contributed by atoms with Gasteiger partial charge in [0, 0.05) is 12.5 Å². The molecule has 0 amide bonds. The fraction of sp³-hybridized carbons (Fsp3) is 0.231. The van der Waals surface area contributed by atoms with E-state index in [2.05, 4.69) is 4.72 Å². The summed E-state index contributed by atoms with van der Waals surface area (Å²) in [4.78, 5) is 0. The molecule has 1 atom stereocenters. The SMILES string of the molecule is O=S(=O)(NCC(CO)c1ccccc1)c1cccs1. The summed E-state index contributed by atoms with van der Waals surface area (Å²) in [6, 6.07) is 12.6. The lowest BCUT2D eigenvalue weighted by atomic mass is 10.0. The molecule has 0 radical (unpaired) electrons. The van der Waals surface area contributed by atoms with Crippen LogP contribution in [-0.2, 0) is 10.0 Å². The molecule has 2 rings (SSSR count). The molecule has 102 valence electrons. The van der Waals surface area contributed by atoms with Crippen LogP contribution in [0.5, 0.6) is 0 Å². The van der Waals surface area contributed by atoms with Gasteiger partial charge >= 0.3 is 0 Å². The molecule has 1 aromatic heterocycles. The summed E-state index contributed by atoms with van der Waals surface area (Å²) in [6.07, 6.45) is 0. The van der Waals surface area contributed by atoms with Crippen molar-refractivity contribution < 1.29 is 13.5 Å². The van der Waals surface area contributed by atoms with E-state index in [9.17, 15) is 13.5 Å². The van der Waals surface area contributed by atoms with E-state index < -0.39 is 10.0 Å². The summed E-state index contributed by atoms with van der Waals surface area (Å²) < 4.78 is 26.7. The van der Waals surface area contributed by atoms with Gasteiger partial charge in [-0.05, 0) is 17.0 Å². The molecule has 4 nitrogen and oxygen atoms in total. The van der Waals surface area contributed by atoms with Gasteiger partial charge in [-0.1, -0.05) is 36.4 Å². The van der Waals surface area contributed by atoms with Crippen LogP contribution >= 0.6 is 11.3 Å². The average Bonchev–Trinajstić information content (AvgIpc) is 2.95. The van der Waals surface area contributed by atoms with Crippen LogP contribution in [0.2, 0.25) is 0 Å². The van der Waals surface area contributed by atoms with Gasteiger partial charge in [0.2, 0.25) is 10.0 Å². The van der Waals surface area contributed by atoms with Gasteiger partial charge in [0.15, 0.2) is 0 Å². The summed E-state index contributed by atoms with van der Waals surface area (Å²) in [7, 11) is -3.47. The van der Waals surface area contributed by atoms with Gasteiger partial charge < -0.3 is 5.11 Å². The Bertz CT molecular complexity index is 594. The molecule has 2 aromatic rings. The standard InChI is InChI=1S/C13H15NO3S2/c15-10-12(11-5-2-1-3-6-11)9-14-19(16,17)13-7-4-8-18-13/h1-8,12,14-15H,9-10H2. The quantitative estimate of drug-likeness (QED) is 0.854. The molecule has 0 bridgehead atoms. The highest BCUT2D eigenvalue weighted by Gasteiger charge is 2.18. The highest BCUT2D eigenvalue weighted by molar-refractivity contribution is 7.91. The maximum atomic E-state index is 12.0. The van der Waals surface area contributed by atoms with Crippen molar-refractivity contribution in [2.45, 2.75) is 10.1 Å². The van der Waals surface area contributed by atoms with Crippen molar-refractivity contribution in [1.82, 2.24) is 4.72 Å². The Balaban J connectivity index is 2.05. The highest BCUT2D eigenvalue weighted by Crippen LogP contribution is 2.18. The molecule has 19 heavy (non-hydrogen) atoms. The summed E-state index contributed by atoms with van der Waals surface area (Å²) in [5.74, 6) is -0.240. The van der Waals surface area contributed by atoms with Crippen LogP contribution < -0.4 is 4.72 Å². The lowest BCUT2D eigenvalue weighted by Crippen LogP contribution is -2.29. The number of hydrogen-bond donors (Lipinski definition) is 2. The monoisotopic (exact) mass is 297 g/mol. The molecule has 2 N–H and O–H groups in total. The zero-order valence-electron chi connectivity index (χ0n) is 10.2. The third kappa shape index (κ3) is 3.63. The Hall–Kier alpha value is -1.21. The largest absolute Gasteiger partial charge is 0.396 e. The molecule has 0 fully saturated rings. The molecule has 0 aliphatic carbocycles. The highest BCUT2D eigenvalue weighted by atomic mass is 32.2. The van der Waals surface area contributed by atoms with Gasteiger partial charge in [0.1, 0.15) is 4.21 Å². The molecular formula is C13H15NO3S2. The van der Waals surface area contributed by atoms with Crippen molar-refractivity contribution >= 4 is 21.4 Å². The average molecular weight is 297 g/mol. The topological polar surface area (TPSA) is 66.4 Å². The van der Waals surface area contributed by atoms with Crippen molar-refractivity contribution in [2.24, 2.45) is 0 Å². The third-order valence-corrected chi connectivity index (χ3v) is 5.59. The van der Waals surface area contributed by atoms with Gasteiger partial charge in [-0.25, -0.2) is 13.1 Å². The Kier molecular flexibility index (Phi) is 4.71. The molecule has 0 saturated carbocycles. The number of aliphatic hydroxyl groups excluding tert-OH is 1. The van der Waals surface area contributed by atoms with Gasteiger partial charge in [-0.2, -0.15) is 0 Å². The molecule has 6 heteroatoms. The van der Waals surface area contributed by atoms with E-state index in [0.717, 1.165) is 5.56 Å². The first-order valence-electron chi connectivity index (χ1n) is 5.82. The predicted octanol–water partition coefficient (Wildman–Crippen LogP) is 1.80. The second-order valence-corrected chi connectivity index (χ2v) is 7.02. The van der Waals surface area contributed by atoms with Crippen LogP contribution in [0.25, 0.3) is 0 Å². The Labute approximate surface area is 116 Å². The second-order valence-electron chi connectivity index (χ2n) is 4.07. The minimum absolute atomic E-state index is 0.100. The van der Waals surface area contributed by atoms with Gasteiger partial charge in [0.05, 0.1) is 6.61 Å². The predicted molar refractivity (Wildman–Crippen MR) is 75.8 cm³/mol. The first kappa shape index (κ1) is 14.2. The fourth-order valence-electron chi connectivity index (χ4n) is 1.71. The summed E-state index contributed by atoms with van der Waals surface area (Å²) in [5, 5.41) is 11.1. The smallest absolute Gasteiger partial charge is 0.250 e. The molecular weight excluding hydrogens is 282 g/mol. The van der Waals surface area contributed by atoms with E-state index in [1.165, 1.54) is 11.3 Å². The van der Waals surface area contributed by atoms with Crippen LogP contribution in [-0.4, -0.2) is 26.7 Å². The number of hydrogen-bond acceptors (Lipinski definition) is 4. The van der Waals surface area contributed by atoms with E-state index in [0.29, 0.717) is 0 Å². The summed E-state index contributed by atoms with van der Waals surface area (Å²) in [5.41, 5.74) is 0.916. The Morgan fingerprint density at radius 1 is 1.16 bits per heavy atom.